The zero-order chi connectivity index (χ0) is 10.4. The SMILES string of the molecule is CC(C)[C@H](NC(=O)NN=O)C(=O)O. The monoisotopic (exact) mass is 189 g/mol. The van der Waals surface area contributed by atoms with E-state index in [0.29, 0.717) is 0 Å². The number of hydrogen-bond acceptors (Lipinski definition) is 4. The van der Waals surface area contributed by atoms with Crippen LogP contribution in [0.2, 0.25) is 0 Å². The maximum atomic E-state index is 10.7. The van der Waals surface area contributed by atoms with Crippen molar-refractivity contribution >= 4 is 12.0 Å². The van der Waals surface area contributed by atoms with Gasteiger partial charge in [0.1, 0.15) is 6.04 Å². The van der Waals surface area contributed by atoms with Crippen LogP contribution in [0.15, 0.2) is 5.29 Å². The number of amides is 2. The highest BCUT2D eigenvalue weighted by Gasteiger charge is 2.23. The maximum Gasteiger partial charge on any atom is 0.338 e. The molecular weight excluding hydrogens is 178 g/mol. The lowest BCUT2D eigenvalue weighted by Gasteiger charge is -2.16. The Bertz CT molecular complexity index is 216. The first-order valence-corrected chi connectivity index (χ1v) is 3.60. The Morgan fingerprint density at radius 1 is 1.38 bits per heavy atom. The third-order valence-electron chi connectivity index (χ3n) is 1.37. The van der Waals surface area contributed by atoms with E-state index in [2.05, 4.69) is 10.6 Å². The van der Waals surface area contributed by atoms with E-state index in [1.54, 1.807) is 19.3 Å². The molecule has 0 radical (unpaired) electrons. The normalized spacial score (nSPS) is 11.9. The highest BCUT2D eigenvalue weighted by atomic mass is 16.4. The zero-order valence-corrected chi connectivity index (χ0v) is 7.27. The largest absolute Gasteiger partial charge is 0.480 e. The summed E-state index contributed by atoms with van der Waals surface area (Å²) in [5.74, 6) is -1.43. The van der Waals surface area contributed by atoms with Crippen LogP contribution in [0, 0.1) is 10.8 Å². The van der Waals surface area contributed by atoms with Gasteiger partial charge >= 0.3 is 12.0 Å². The third kappa shape index (κ3) is 4.04. The number of carboxylic acid groups (broad SMARTS) is 1. The predicted molar refractivity (Wildman–Crippen MR) is 43.7 cm³/mol. The number of carbonyl (C=O) groups is 2. The summed E-state index contributed by atoms with van der Waals surface area (Å²) >= 11 is 0. The van der Waals surface area contributed by atoms with E-state index in [9.17, 15) is 14.5 Å². The number of nitroso groups, excluding NO2 is 1. The molecule has 7 heteroatoms. The summed E-state index contributed by atoms with van der Waals surface area (Å²) in [5.41, 5.74) is 1.54. The number of nitrogens with zero attached hydrogens (tertiary/aromatic N) is 1. The van der Waals surface area contributed by atoms with Gasteiger partial charge in [0.05, 0.1) is 5.29 Å². The number of urea groups is 1. The fourth-order valence-electron chi connectivity index (χ4n) is 0.729. The van der Waals surface area contributed by atoms with Crippen molar-refractivity contribution in [3.05, 3.63) is 4.91 Å². The molecule has 0 unspecified atom stereocenters. The molecule has 74 valence electrons. The van der Waals surface area contributed by atoms with Crippen LogP contribution in [0.5, 0.6) is 0 Å². The molecule has 0 spiro atoms. The van der Waals surface area contributed by atoms with Gasteiger partial charge in [0.25, 0.3) is 0 Å². The summed E-state index contributed by atoms with van der Waals surface area (Å²) in [6.45, 7) is 3.26. The first kappa shape index (κ1) is 11.3. The molecular formula is C6H11N3O4. The Morgan fingerprint density at radius 3 is 2.23 bits per heavy atom. The van der Waals surface area contributed by atoms with Gasteiger partial charge in [-0.1, -0.05) is 13.8 Å². The van der Waals surface area contributed by atoms with Gasteiger partial charge in [-0.3, -0.25) is 0 Å². The lowest BCUT2D eigenvalue weighted by Crippen LogP contribution is -2.47. The van der Waals surface area contributed by atoms with Crippen molar-refractivity contribution < 1.29 is 14.7 Å². The van der Waals surface area contributed by atoms with Crippen LogP contribution in [-0.2, 0) is 4.79 Å². The molecule has 2 amide bonds. The van der Waals surface area contributed by atoms with Crippen LogP contribution in [0.3, 0.4) is 0 Å². The molecule has 0 bridgehead atoms. The van der Waals surface area contributed by atoms with E-state index < -0.39 is 18.0 Å². The molecule has 0 aliphatic carbocycles. The average Bonchev–Trinajstić information content (AvgIpc) is 1.99. The second-order valence-electron chi connectivity index (χ2n) is 2.74. The van der Waals surface area contributed by atoms with Gasteiger partial charge < -0.3 is 10.4 Å². The van der Waals surface area contributed by atoms with Crippen molar-refractivity contribution in [2.45, 2.75) is 19.9 Å². The van der Waals surface area contributed by atoms with Crippen molar-refractivity contribution in [2.24, 2.45) is 11.2 Å². The molecule has 0 saturated carbocycles. The number of aliphatic carboxylic acids is 1. The summed E-state index contributed by atoms with van der Waals surface area (Å²) in [7, 11) is 0. The van der Waals surface area contributed by atoms with Crippen LogP contribution in [0.1, 0.15) is 13.8 Å². The molecule has 13 heavy (non-hydrogen) atoms. The van der Waals surface area contributed by atoms with E-state index in [4.69, 9.17) is 5.11 Å². The third-order valence-corrected chi connectivity index (χ3v) is 1.37. The minimum absolute atomic E-state index is 0.269. The number of carbonyl (C=O) groups excluding carboxylic acids is 1. The predicted octanol–water partition coefficient (Wildman–Crippen LogP) is 0.0762. The first-order chi connectivity index (χ1) is 5.99. The molecule has 0 saturated heterocycles. The lowest BCUT2D eigenvalue weighted by atomic mass is 10.1. The van der Waals surface area contributed by atoms with Crippen molar-refractivity contribution in [1.82, 2.24) is 10.7 Å². The molecule has 0 aromatic rings. The van der Waals surface area contributed by atoms with Crippen LogP contribution >= 0.6 is 0 Å². The maximum absolute atomic E-state index is 10.7. The highest BCUT2D eigenvalue weighted by molar-refractivity contribution is 5.82. The molecule has 0 rings (SSSR count). The molecule has 1 atom stereocenters. The number of carboxylic acids is 1. The molecule has 3 N–H and O–H groups in total. The first-order valence-electron chi connectivity index (χ1n) is 3.60. The van der Waals surface area contributed by atoms with Crippen LogP contribution in [0.4, 0.5) is 4.79 Å². The van der Waals surface area contributed by atoms with Crippen LogP contribution in [-0.4, -0.2) is 23.1 Å². The minimum Gasteiger partial charge on any atom is -0.480 e. The van der Waals surface area contributed by atoms with Gasteiger partial charge in [0.15, 0.2) is 0 Å². The molecule has 0 aliphatic heterocycles. The van der Waals surface area contributed by atoms with Gasteiger partial charge in [-0.15, -0.1) is 4.91 Å². The van der Waals surface area contributed by atoms with Crippen molar-refractivity contribution in [3.63, 3.8) is 0 Å². The summed E-state index contributed by atoms with van der Waals surface area (Å²) < 4.78 is 0. The Kier molecular flexibility index (Phi) is 4.42. The molecule has 0 aromatic carbocycles. The van der Waals surface area contributed by atoms with Crippen molar-refractivity contribution in [2.75, 3.05) is 0 Å². The minimum atomic E-state index is -1.16. The zero-order valence-electron chi connectivity index (χ0n) is 7.27. The molecule has 0 heterocycles. The molecule has 0 aromatic heterocycles. The van der Waals surface area contributed by atoms with E-state index in [1.165, 1.54) is 0 Å². The summed E-state index contributed by atoms with van der Waals surface area (Å²) in [6.07, 6.45) is 0. The fourth-order valence-corrected chi connectivity index (χ4v) is 0.729. The second kappa shape index (κ2) is 5.07. The van der Waals surface area contributed by atoms with Gasteiger partial charge in [0, 0.05) is 0 Å². The summed E-state index contributed by atoms with van der Waals surface area (Å²) in [5, 5.41) is 12.8. The summed E-state index contributed by atoms with van der Waals surface area (Å²) in [4.78, 5) is 30.8. The van der Waals surface area contributed by atoms with Crippen LogP contribution < -0.4 is 10.7 Å². The highest BCUT2D eigenvalue weighted by Crippen LogP contribution is 2.00. The average molecular weight is 189 g/mol. The molecule has 0 aliphatic rings. The molecule has 7 nitrogen and oxygen atoms in total. The quantitative estimate of drug-likeness (QED) is 0.429. The second-order valence-corrected chi connectivity index (χ2v) is 2.74. The van der Waals surface area contributed by atoms with Gasteiger partial charge in [-0.05, 0) is 5.92 Å². The van der Waals surface area contributed by atoms with Gasteiger partial charge in [-0.2, -0.15) is 5.43 Å². The van der Waals surface area contributed by atoms with E-state index >= 15 is 0 Å². The Hall–Kier alpha value is -1.66. The Labute approximate surface area is 74.4 Å². The topological polar surface area (TPSA) is 108 Å². The molecule has 0 fully saturated rings. The van der Waals surface area contributed by atoms with Crippen molar-refractivity contribution in [3.8, 4) is 0 Å². The van der Waals surface area contributed by atoms with Gasteiger partial charge in [0.2, 0.25) is 0 Å². The van der Waals surface area contributed by atoms with Crippen LogP contribution in [0.25, 0.3) is 0 Å². The van der Waals surface area contributed by atoms with E-state index in [-0.39, 0.29) is 5.92 Å². The number of rotatable bonds is 4. The standard InChI is InChI=1S/C6H11N3O4/c1-3(2)4(5(10)11)7-6(12)8-9-13/h3-4H,1-2H3,(H,10,11)(H2,7,8,12,13)/t4-/m0/s1. The number of hydrogen-bond donors (Lipinski definition) is 3. The Balaban J connectivity index is 4.18. The van der Waals surface area contributed by atoms with E-state index in [1.807, 2.05) is 0 Å². The number of nitrogens with one attached hydrogen (secondary N) is 2. The Morgan fingerprint density at radius 2 is 1.92 bits per heavy atom. The van der Waals surface area contributed by atoms with E-state index in [0.717, 1.165) is 0 Å². The van der Waals surface area contributed by atoms with Crippen molar-refractivity contribution in [1.29, 1.82) is 0 Å². The smallest absolute Gasteiger partial charge is 0.338 e. The summed E-state index contributed by atoms with van der Waals surface area (Å²) in [6, 6.07) is -1.95. The lowest BCUT2D eigenvalue weighted by molar-refractivity contribution is -0.140. The fraction of sp³-hybridized carbons (Fsp3) is 0.667. The van der Waals surface area contributed by atoms with Gasteiger partial charge in [-0.25, -0.2) is 9.59 Å².